The predicted molar refractivity (Wildman–Crippen MR) is 127 cm³/mol. The fourth-order valence-corrected chi connectivity index (χ4v) is 5.56. The number of likely N-dealkylation sites (tertiary alicyclic amines) is 1. The van der Waals surface area contributed by atoms with Crippen LogP contribution in [0.1, 0.15) is 52.4 Å². The van der Waals surface area contributed by atoms with Crippen molar-refractivity contribution >= 4 is 16.9 Å². The minimum absolute atomic E-state index is 0.115. The Bertz CT molecular complexity index is 1270. The number of ether oxygens (including phenoxy) is 1. The van der Waals surface area contributed by atoms with Crippen LogP contribution in [0.3, 0.4) is 0 Å². The number of benzene rings is 1. The molecule has 37 heavy (non-hydrogen) atoms. The summed E-state index contributed by atoms with van der Waals surface area (Å²) >= 11 is 0. The van der Waals surface area contributed by atoms with Gasteiger partial charge in [-0.05, 0) is 67.9 Å². The van der Waals surface area contributed by atoms with Crippen molar-refractivity contribution in [3.05, 3.63) is 58.7 Å². The van der Waals surface area contributed by atoms with Crippen LogP contribution in [0.25, 0.3) is 11.0 Å². The third-order valence-corrected chi connectivity index (χ3v) is 7.25. The lowest BCUT2D eigenvalue weighted by molar-refractivity contribution is -0.274. The summed E-state index contributed by atoms with van der Waals surface area (Å²) < 4.78 is 68.9. The van der Waals surface area contributed by atoms with Crippen molar-refractivity contribution < 1.29 is 31.5 Å². The molecule has 198 valence electrons. The van der Waals surface area contributed by atoms with Crippen LogP contribution in [-0.4, -0.2) is 59.5 Å². The Hall–Kier alpha value is -3.21. The molecule has 3 heterocycles. The average Bonchev–Trinajstić information content (AvgIpc) is 3.24. The molecular formula is C26H27F5N4O2. The number of aryl methyl sites for hydroxylation is 1. The van der Waals surface area contributed by atoms with Crippen LogP contribution in [-0.2, 0) is 12.8 Å². The first-order valence-corrected chi connectivity index (χ1v) is 12.4. The lowest BCUT2D eigenvalue weighted by Crippen LogP contribution is -2.38. The van der Waals surface area contributed by atoms with Crippen molar-refractivity contribution in [3.63, 3.8) is 0 Å². The molecule has 2 N–H and O–H groups in total. The zero-order valence-electron chi connectivity index (χ0n) is 20.0. The van der Waals surface area contributed by atoms with Crippen molar-refractivity contribution in [1.29, 1.82) is 0 Å². The van der Waals surface area contributed by atoms with Crippen LogP contribution in [0.5, 0.6) is 5.75 Å². The molecule has 5 rings (SSSR count). The molecule has 0 saturated carbocycles. The van der Waals surface area contributed by atoms with Gasteiger partial charge in [0, 0.05) is 47.9 Å². The van der Waals surface area contributed by atoms with Crippen molar-refractivity contribution in [2.45, 2.75) is 50.4 Å². The molecule has 1 fully saturated rings. The molecule has 2 aromatic heterocycles. The van der Waals surface area contributed by atoms with Gasteiger partial charge in [-0.1, -0.05) is 0 Å². The van der Waals surface area contributed by atoms with Crippen molar-refractivity contribution in [2.75, 3.05) is 26.3 Å². The van der Waals surface area contributed by atoms with Gasteiger partial charge >= 0.3 is 6.36 Å². The number of H-pyrrole nitrogens is 1. The van der Waals surface area contributed by atoms with Gasteiger partial charge in [-0.25, -0.2) is 13.8 Å². The van der Waals surface area contributed by atoms with Crippen LogP contribution in [0.2, 0.25) is 0 Å². The number of fused-ring (bicyclic) bond motifs is 3. The van der Waals surface area contributed by atoms with Gasteiger partial charge in [0.15, 0.2) is 0 Å². The number of nitrogens with zero attached hydrogens (tertiary/aromatic N) is 2. The molecule has 1 aliphatic heterocycles. The van der Waals surface area contributed by atoms with Crippen molar-refractivity contribution in [2.24, 2.45) is 0 Å². The van der Waals surface area contributed by atoms with Crippen molar-refractivity contribution in [1.82, 2.24) is 20.2 Å². The maximum Gasteiger partial charge on any atom is 0.573 e. The van der Waals surface area contributed by atoms with Gasteiger partial charge in [-0.15, -0.1) is 13.2 Å². The van der Waals surface area contributed by atoms with Gasteiger partial charge in [-0.3, -0.25) is 4.79 Å². The van der Waals surface area contributed by atoms with E-state index in [1.54, 1.807) is 4.90 Å². The number of carbonyl (C=O) groups excluding carboxylic acids is 1. The number of pyridine rings is 1. The molecule has 0 unspecified atom stereocenters. The highest BCUT2D eigenvalue weighted by Gasteiger charge is 2.33. The number of halogens is 5. The second-order valence-electron chi connectivity index (χ2n) is 9.55. The second-order valence-corrected chi connectivity index (χ2v) is 9.55. The molecular weight excluding hydrogens is 495 g/mol. The Morgan fingerprint density at radius 1 is 1.16 bits per heavy atom. The first-order valence-electron chi connectivity index (χ1n) is 12.4. The molecule has 1 saturated heterocycles. The minimum atomic E-state index is -4.80. The number of hydrogen-bond acceptors (Lipinski definition) is 4. The van der Waals surface area contributed by atoms with Gasteiger partial charge in [0.25, 0.3) is 5.91 Å². The van der Waals surface area contributed by atoms with Crippen LogP contribution < -0.4 is 10.1 Å². The fourth-order valence-electron chi connectivity index (χ4n) is 5.56. The van der Waals surface area contributed by atoms with Crippen LogP contribution in [0.15, 0.2) is 30.5 Å². The van der Waals surface area contributed by atoms with E-state index in [1.807, 2.05) is 0 Å². The Labute approximate surface area is 210 Å². The maximum absolute atomic E-state index is 15.2. The van der Waals surface area contributed by atoms with Crippen LogP contribution >= 0.6 is 0 Å². The highest BCUT2D eigenvalue weighted by molar-refractivity contribution is 5.94. The smallest absolute Gasteiger partial charge is 0.406 e. The van der Waals surface area contributed by atoms with Gasteiger partial charge < -0.3 is 19.9 Å². The largest absolute Gasteiger partial charge is 0.573 e. The first-order chi connectivity index (χ1) is 17.7. The lowest BCUT2D eigenvalue weighted by Gasteiger charge is -2.33. The Morgan fingerprint density at radius 3 is 2.57 bits per heavy atom. The Balaban J connectivity index is 1.31. The normalized spacial score (nSPS) is 18.7. The van der Waals surface area contributed by atoms with E-state index in [-0.39, 0.29) is 35.8 Å². The lowest BCUT2D eigenvalue weighted by atomic mass is 9.84. The van der Waals surface area contributed by atoms with E-state index in [0.717, 1.165) is 41.6 Å². The number of amides is 1. The second kappa shape index (κ2) is 10.3. The van der Waals surface area contributed by atoms with E-state index in [1.165, 1.54) is 18.3 Å². The van der Waals surface area contributed by atoms with E-state index in [9.17, 15) is 22.4 Å². The van der Waals surface area contributed by atoms with Gasteiger partial charge in [-0.2, -0.15) is 0 Å². The average molecular weight is 523 g/mol. The molecule has 0 radical (unpaired) electrons. The standard InChI is InChI=1S/C26H27F5N4O2/c27-9-10-32-17-3-6-21-19(13-17)23-22(20(28)14-33-24(23)34-21)15-7-11-35(12-8-15)25(36)16-1-4-18(5-2-16)37-26(29,30)31/h1-2,4-5,14-15,17,32H,3,6-13H2,(H,33,34)/t17-/m0/s1. The number of carbonyl (C=O) groups is 1. The van der Waals surface area contributed by atoms with Gasteiger partial charge in [0.1, 0.15) is 23.9 Å². The molecule has 1 aliphatic carbocycles. The summed E-state index contributed by atoms with van der Waals surface area (Å²) in [5.41, 5.74) is 3.58. The quantitative estimate of drug-likeness (QED) is 0.446. The third-order valence-electron chi connectivity index (χ3n) is 7.25. The zero-order chi connectivity index (χ0) is 26.2. The summed E-state index contributed by atoms with van der Waals surface area (Å²) in [7, 11) is 0. The Morgan fingerprint density at radius 2 is 1.89 bits per heavy atom. The number of aromatic amines is 1. The highest BCUT2D eigenvalue weighted by Crippen LogP contribution is 2.39. The maximum atomic E-state index is 15.2. The summed E-state index contributed by atoms with van der Waals surface area (Å²) in [4.78, 5) is 22.2. The molecule has 6 nitrogen and oxygen atoms in total. The summed E-state index contributed by atoms with van der Waals surface area (Å²) in [5.74, 6) is -1.18. The SMILES string of the molecule is O=C(c1ccc(OC(F)(F)F)cc1)N1CCC(c2c(F)cnc3[nH]c4c(c23)C[C@@H](NCCF)CC4)CC1. The number of alkyl halides is 4. The van der Waals surface area contributed by atoms with Crippen molar-refractivity contribution in [3.8, 4) is 5.75 Å². The summed E-state index contributed by atoms with van der Waals surface area (Å²) in [6.45, 7) is 0.621. The molecule has 0 spiro atoms. The number of hydrogen-bond donors (Lipinski definition) is 2. The van der Waals surface area contributed by atoms with E-state index in [2.05, 4.69) is 20.0 Å². The molecule has 0 bridgehead atoms. The summed E-state index contributed by atoms with van der Waals surface area (Å²) in [5, 5.41) is 4.02. The molecule has 2 aliphatic rings. The van der Waals surface area contributed by atoms with Gasteiger partial charge in [0.05, 0.1) is 6.20 Å². The monoisotopic (exact) mass is 522 g/mol. The summed E-state index contributed by atoms with van der Waals surface area (Å²) in [6, 6.07) is 4.95. The molecule has 3 aromatic rings. The third kappa shape index (κ3) is 5.41. The molecule has 11 heteroatoms. The van der Waals surface area contributed by atoms with E-state index in [4.69, 9.17) is 0 Å². The topological polar surface area (TPSA) is 70.2 Å². The number of aromatic nitrogens is 2. The van der Waals surface area contributed by atoms with Crippen LogP contribution in [0.4, 0.5) is 22.0 Å². The summed E-state index contributed by atoms with van der Waals surface area (Å²) in [6.07, 6.45) is -0.177. The number of nitrogens with one attached hydrogen (secondary N) is 2. The van der Waals surface area contributed by atoms with Gasteiger partial charge in [0.2, 0.25) is 0 Å². The molecule has 1 atom stereocenters. The number of rotatable bonds is 6. The predicted octanol–water partition coefficient (Wildman–Crippen LogP) is 5.04. The minimum Gasteiger partial charge on any atom is -0.406 e. The van der Waals surface area contributed by atoms with E-state index >= 15 is 4.39 Å². The van der Waals surface area contributed by atoms with Crippen LogP contribution in [0, 0.1) is 5.82 Å². The fraction of sp³-hybridized carbons (Fsp3) is 0.462. The highest BCUT2D eigenvalue weighted by atomic mass is 19.4. The molecule has 1 amide bonds. The first kappa shape index (κ1) is 25.4. The van der Waals surface area contributed by atoms with E-state index < -0.39 is 18.8 Å². The number of piperidine rings is 1. The van der Waals surface area contributed by atoms with E-state index in [0.29, 0.717) is 43.6 Å². The zero-order valence-corrected chi connectivity index (χ0v) is 20.0. The Kier molecular flexibility index (Phi) is 7.06. The molecule has 1 aromatic carbocycles.